The van der Waals surface area contributed by atoms with Gasteiger partial charge in [0.2, 0.25) is 5.91 Å². The second-order valence-electron chi connectivity index (χ2n) is 6.56. The Labute approximate surface area is 133 Å². The van der Waals surface area contributed by atoms with Crippen LogP contribution in [-0.2, 0) is 11.3 Å². The normalized spacial score (nSPS) is 21.9. The van der Waals surface area contributed by atoms with E-state index in [-0.39, 0.29) is 5.91 Å². The summed E-state index contributed by atoms with van der Waals surface area (Å²) in [6.07, 6.45) is 11.2. The number of nitrogens with zero attached hydrogens (tertiary/aromatic N) is 1. The van der Waals surface area contributed by atoms with Crippen LogP contribution >= 0.6 is 0 Å². The second-order valence-corrected chi connectivity index (χ2v) is 6.56. The van der Waals surface area contributed by atoms with Gasteiger partial charge in [-0.15, -0.1) is 0 Å². The smallest absolute Gasteiger partial charge is 0.224 e. The first-order valence-corrected chi connectivity index (χ1v) is 8.57. The molecule has 1 unspecified atom stereocenters. The molecule has 1 fully saturated rings. The van der Waals surface area contributed by atoms with Gasteiger partial charge in [0, 0.05) is 18.7 Å². The molecular formula is C19H26N2O. The monoisotopic (exact) mass is 298 g/mol. The molecular weight excluding hydrogens is 272 g/mol. The van der Waals surface area contributed by atoms with Crippen molar-refractivity contribution >= 4 is 11.6 Å². The molecule has 1 saturated heterocycles. The van der Waals surface area contributed by atoms with Crippen molar-refractivity contribution < 1.29 is 4.79 Å². The highest BCUT2D eigenvalue weighted by Crippen LogP contribution is 2.21. The molecule has 0 saturated carbocycles. The third-order valence-corrected chi connectivity index (χ3v) is 4.63. The number of allylic oxidation sites excluding steroid dienone is 2. The van der Waals surface area contributed by atoms with E-state index < -0.39 is 0 Å². The van der Waals surface area contributed by atoms with E-state index in [1.165, 1.54) is 37.9 Å². The highest BCUT2D eigenvalue weighted by molar-refractivity contribution is 5.91. The number of piperidine rings is 1. The van der Waals surface area contributed by atoms with Crippen molar-refractivity contribution in [2.45, 2.75) is 45.1 Å². The van der Waals surface area contributed by atoms with Gasteiger partial charge in [-0.3, -0.25) is 9.69 Å². The number of amides is 1. The third kappa shape index (κ3) is 4.44. The van der Waals surface area contributed by atoms with Gasteiger partial charge >= 0.3 is 0 Å². The van der Waals surface area contributed by atoms with Crippen LogP contribution in [0.2, 0.25) is 0 Å². The molecule has 3 heteroatoms. The van der Waals surface area contributed by atoms with Crippen LogP contribution in [0.4, 0.5) is 5.69 Å². The highest BCUT2D eigenvalue weighted by atomic mass is 16.1. The van der Waals surface area contributed by atoms with Crippen molar-refractivity contribution in [2.75, 3.05) is 18.4 Å². The van der Waals surface area contributed by atoms with Crippen molar-refractivity contribution in [3.63, 3.8) is 0 Å². The predicted molar refractivity (Wildman–Crippen MR) is 90.7 cm³/mol. The van der Waals surface area contributed by atoms with Crippen molar-refractivity contribution in [3.05, 3.63) is 42.0 Å². The van der Waals surface area contributed by atoms with Gasteiger partial charge in [-0.2, -0.15) is 0 Å². The molecule has 118 valence electrons. The molecule has 1 N–H and O–H groups in total. The van der Waals surface area contributed by atoms with E-state index >= 15 is 0 Å². The van der Waals surface area contributed by atoms with Crippen LogP contribution < -0.4 is 5.32 Å². The molecule has 0 spiro atoms. The number of hydrogen-bond acceptors (Lipinski definition) is 2. The lowest BCUT2D eigenvalue weighted by atomic mass is 10.0. The van der Waals surface area contributed by atoms with Crippen LogP contribution in [-0.4, -0.2) is 23.9 Å². The van der Waals surface area contributed by atoms with E-state index in [1.807, 2.05) is 12.1 Å². The lowest BCUT2D eigenvalue weighted by Crippen LogP contribution is -2.29. The molecule has 2 aliphatic rings. The van der Waals surface area contributed by atoms with Crippen molar-refractivity contribution in [1.29, 1.82) is 0 Å². The number of carbonyl (C=O) groups excluding carboxylic acids is 1. The Kier molecular flexibility index (Phi) is 5.28. The lowest BCUT2D eigenvalue weighted by Gasteiger charge is -2.26. The average Bonchev–Trinajstić information content (AvgIpc) is 3.01. The van der Waals surface area contributed by atoms with Gasteiger partial charge < -0.3 is 5.32 Å². The fourth-order valence-electron chi connectivity index (χ4n) is 3.44. The molecule has 3 rings (SSSR count). The summed E-state index contributed by atoms with van der Waals surface area (Å²) in [6.45, 7) is 3.39. The molecule has 0 aromatic heterocycles. The number of carbonyl (C=O) groups is 1. The molecule has 0 bridgehead atoms. The summed E-state index contributed by atoms with van der Waals surface area (Å²) in [7, 11) is 0. The number of hydrogen-bond donors (Lipinski definition) is 1. The molecule has 1 aliphatic heterocycles. The van der Waals surface area contributed by atoms with Crippen LogP contribution in [0, 0.1) is 5.92 Å². The molecule has 1 atom stereocenters. The molecule has 1 aromatic rings. The summed E-state index contributed by atoms with van der Waals surface area (Å²) in [5.74, 6) is 0.559. The van der Waals surface area contributed by atoms with E-state index in [0.29, 0.717) is 12.3 Å². The lowest BCUT2D eigenvalue weighted by molar-refractivity contribution is -0.116. The fourth-order valence-corrected chi connectivity index (χ4v) is 3.44. The predicted octanol–water partition coefficient (Wildman–Crippen LogP) is 3.97. The Hall–Kier alpha value is -1.61. The Morgan fingerprint density at radius 1 is 1.23 bits per heavy atom. The van der Waals surface area contributed by atoms with Gasteiger partial charge in [0.05, 0.1) is 0 Å². The van der Waals surface area contributed by atoms with Crippen molar-refractivity contribution in [1.82, 2.24) is 4.90 Å². The Morgan fingerprint density at radius 2 is 2.09 bits per heavy atom. The molecule has 22 heavy (non-hydrogen) atoms. The van der Waals surface area contributed by atoms with E-state index in [4.69, 9.17) is 0 Å². The summed E-state index contributed by atoms with van der Waals surface area (Å²) in [5, 5.41) is 3.06. The first-order chi connectivity index (χ1) is 10.8. The van der Waals surface area contributed by atoms with Crippen LogP contribution in [0.1, 0.15) is 44.1 Å². The van der Waals surface area contributed by atoms with Gasteiger partial charge in [0.1, 0.15) is 0 Å². The van der Waals surface area contributed by atoms with Crippen molar-refractivity contribution in [2.24, 2.45) is 5.92 Å². The van der Waals surface area contributed by atoms with Gasteiger partial charge in [0.25, 0.3) is 0 Å². The van der Waals surface area contributed by atoms with E-state index in [2.05, 4.69) is 34.5 Å². The minimum Gasteiger partial charge on any atom is -0.326 e. The Balaban J connectivity index is 1.53. The zero-order valence-corrected chi connectivity index (χ0v) is 13.3. The van der Waals surface area contributed by atoms with E-state index in [0.717, 1.165) is 25.1 Å². The van der Waals surface area contributed by atoms with Crippen LogP contribution in [0.15, 0.2) is 36.4 Å². The molecule has 0 radical (unpaired) electrons. The van der Waals surface area contributed by atoms with Crippen LogP contribution in [0.3, 0.4) is 0 Å². The minimum atomic E-state index is 0.131. The zero-order chi connectivity index (χ0) is 15.2. The average molecular weight is 298 g/mol. The summed E-state index contributed by atoms with van der Waals surface area (Å²) in [5.41, 5.74) is 2.22. The molecule has 1 aliphatic carbocycles. The van der Waals surface area contributed by atoms with Crippen LogP contribution in [0.25, 0.3) is 0 Å². The van der Waals surface area contributed by atoms with Gasteiger partial charge in [-0.05, 0) is 62.4 Å². The summed E-state index contributed by atoms with van der Waals surface area (Å²) >= 11 is 0. The molecule has 1 aromatic carbocycles. The number of nitrogens with one attached hydrogen (secondary N) is 1. The van der Waals surface area contributed by atoms with Gasteiger partial charge in [-0.1, -0.05) is 30.7 Å². The Bertz CT molecular complexity index is 532. The zero-order valence-electron chi connectivity index (χ0n) is 13.3. The largest absolute Gasteiger partial charge is 0.326 e. The third-order valence-electron chi connectivity index (χ3n) is 4.63. The molecule has 3 nitrogen and oxygen atoms in total. The van der Waals surface area contributed by atoms with E-state index in [1.54, 1.807) is 0 Å². The van der Waals surface area contributed by atoms with Gasteiger partial charge in [-0.25, -0.2) is 0 Å². The first kappa shape index (κ1) is 15.3. The topological polar surface area (TPSA) is 32.3 Å². The van der Waals surface area contributed by atoms with Crippen LogP contribution in [0.5, 0.6) is 0 Å². The summed E-state index contributed by atoms with van der Waals surface area (Å²) < 4.78 is 0. The standard InChI is InChI=1S/C19H26N2O/c22-19(14-16-7-2-3-8-16)20-18-10-6-9-17(13-18)15-21-11-4-1-5-12-21/h2,6-7,9-10,13,16H,1,3-5,8,11-12,14-15H2,(H,20,22). The summed E-state index contributed by atoms with van der Waals surface area (Å²) in [4.78, 5) is 14.6. The molecule has 1 amide bonds. The SMILES string of the molecule is O=C(CC1C=CCC1)Nc1cccc(CN2CCCCC2)c1. The maximum atomic E-state index is 12.1. The second kappa shape index (κ2) is 7.59. The number of anilines is 1. The Morgan fingerprint density at radius 3 is 2.86 bits per heavy atom. The summed E-state index contributed by atoms with van der Waals surface area (Å²) in [6, 6.07) is 8.31. The maximum Gasteiger partial charge on any atom is 0.224 e. The van der Waals surface area contributed by atoms with Gasteiger partial charge in [0.15, 0.2) is 0 Å². The van der Waals surface area contributed by atoms with E-state index in [9.17, 15) is 4.79 Å². The minimum absolute atomic E-state index is 0.131. The first-order valence-electron chi connectivity index (χ1n) is 8.57. The molecule has 1 heterocycles. The van der Waals surface area contributed by atoms with Crippen molar-refractivity contribution in [3.8, 4) is 0 Å². The highest BCUT2D eigenvalue weighted by Gasteiger charge is 2.14. The maximum absolute atomic E-state index is 12.1. The number of benzene rings is 1. The fraction of sp³-hybridized carbons (Fsp3) is 0.526. The number of rotatable bonds is 5. The quantitative estimate of drug-likeness (QED) is 0.834. The number of likely N-dealkylation sites (tertiary alicyclic amines) is 1.